The van der Waals surface area contributed by atoms with Crippen molar-refractivity contribution in [3.63, 3.8) is 0 Å². The molecule has 4 atom stereocenters. The molecule has 1 aromatic carbocycles. The summed E-state index contributed by atoms with van der Waals surface area (Å²) in [5, 5.41) is 16.8. The molecule has 2 amide bonds. The average Bonchev–Trinajstić information content (AvgIpc) is 3.61. The Balaban J connectivity index is 0.991. The van der Waals surface area contributed by atoms with Gasteiger partial charge in [-0.05, 0) is 35.8 Å². The number of aliphatic hydroxyl groups is 1. The molecule has 2 saturated heterocycles. The number of fused-ring (bicyclic) bond motifs is 3. The molecular formula is C27H36N6O3. The van der Waals surface area contributed by atoms with Crippen LogP contribution < -0.4 is 10.6 Å². The van der Waals surface area contributed by atoms with Crippen molar-refractivity contribution in [2.75, 3.05) is 45.8 Å². The second-order valence-corrected chi connectivity index (χ2v) is 11.0. The quantitative estimate of drug-likeness (QED) is 0.535. The van der Waals surface area contributed by atoms with Gasteiger partial charge in [0.1, 0.15) is 11.5 Å². The van der Waals surface area contributed by atoms with Gasteiger partial charge in [0.25, 0.3) is 5.91 Å². The number of aromatic nitrogens is 2. The van der Waals surface area contributed by atoms with Gasteiger partial charge in [0.2, 0.25) is 5.91 Å². The van der Waals surface area contributed by atoms with Crippen LogP contribution in [0.4, 0.5) is 0 Å². The summed E-state index contributed by atoms with van der Waals surface area (Å²) < 4.78 is 1.97. The molecule has 0 bridgehead atoms. The summed E-state index contributed by atoms with van der Waals surface area (Å²) in [6.07, 6.45) is 3.58. The largest absolute Gasteiger partial charge is 0.390 e. The lowest BCUT2D eigenvalue weighted by Gasteiger charge is -2.30. The third-order valence-corrected chi connectivity index (χ3v) is 8.45. The highest BCUT2D eigenvalue weighted by molar-refractivity contribution is 5.92. The van der Waals surface area contributed by atoms with Gasteiger partial charge in [-0.15, -0.1) is 0 Å². The third kappa shape index (κ3) is 4.79. The molecular weight excluding hydrogens is 456 g/mol. The van der Waals surface area contributed by atoms with E-state index >= 15 is 0 Å². The molecule has 0 spiro atoms. The third-order valence-electron chi connectivity index (χ3n) is 8.45. The van der Waals surface area contributed by atoms with Crippen LogP contribution in [0.2, 0.25) is 0 Å². The van der Waals surface area contributed by atoms with E-state index in [2.05, 4.69) is 49.7 Å². The minimum absolute atomic E-state index is 0.0501. The first-order valence-corrected chi connectivity index (χ1v) is 13.3. The van der Waals surface area contributed by atoms with Crippen LogP contribution in [0.5, 0.6) is 0 Å². The van der Waals surface area contributed by atoms with E-state index in [9.17, 15) is 14.7 Å². The van der Waals surface area contributed by atoms with Crippen LogP contribution in [0.25, 0.3) is 0 Å². The molecule has 192 valence electrons. The minimum atomic E-state index is -0.645. The number of aryl methyl sites for hydroxylation is 1. The fraction of sp³-hybridized carbons (Fsp3) is 0.593. The molecule has 3 N–H and O–H groups in total. The Morgan fingerprint density at radius 3 is 2.69 bits per heavy atom. The summed E-state index contributed by atoms with van der Waals surface area (Å²) in [7, 11) is 0. The number of carbonyl (C=O) groups is 2. The smallest absolute Gasteiger partial charge is 0.271 e. The lowest BCUT2D eigenvalue weighted by molar-refractivity contribution is -0.135. The Hall–Kier alpha value is -2.75. The van der Waals surface area contributed by atoms with Crippen molar-refractivity contribution < 1.29 is 14.7 Å². The number of nitrogens with one attached hydrogen (secondary N) is 2. The average molecular weight is 493 g/mol. The van der Waals surface area contributed by atoms with E-state index in [1.54, 1.807) is 6.20 Å². The van der Waals surface area contributed by atoms with E-state index in [0.29, 0.717) is 37.0 Å². The van der Waals surface area contributed by atoms with E-state index in [4.69, 9.17) is 0 Å². The lowest BCUT2D eigenvalue weighted by atomic mass is 9.98. The molecule has 9 nitrogen and oxygen atoms in total. The van der Waals surface area contributed by atoms with Gasteiger partial charge in [0, 0.05) is 71.5 Å². The van der Waals surface area contributed by atoms with E-state index < -0.39 is 6.10 Å². The van der Waals surface area contributed by atoms with Crippen molar-refractivity contribution in [1.29, 1.82) is 0 Å². The Kier molecular flexibility index (Phi) is 6.54. The predicted molar refractivity (Wildman–Crippen MR) is 134 cm³/mol. The second kappa shape index (κ2) is 9.95. The molecule has 2 fully saturated rings. The number of likely N-dealkylation sites (tertiary alicyclic amines) is 1. The first kappa shape index (κ1) is 23.6. The number of rotatable bonds is 6. The summed E-state index contributed by atoms with van der Waals surface area (Å²) in [5.41, 5.74) is 3.05. The molecule has 9 heteroatoms. The van der Waals surface area contributed by atoms with Crippen LogP contribution in [0, 0.1) is 17.8 Å². The van der Waals surface area contributed by atoms with Gasteiger partial charge in [-0.25, -0.2) is 4.98 Å². The fourth-order valence-corrected chi connectivity index (χ4v) is 6.42. The maximum absolute atomic E-state index is 13.2. The van der Waals surface area contributed by atoms with Crippen LogP contribution in [0.15, 0.2) is 30.5 Å². The highest BCUT2D eigenvalue weighted by atomic mass is 16.3. The van der Waals surface area contributed by atoms with Gasteiger partial charge < -0.3 is 25.2 Å². The topological polar surface area (TPSA) is 103 Å². The van der Waals surface area contributed by atoms with Crippen LogP contribution >= 0.6 is 0 Å². The van der Waals surface area contributed by atoms with Crippen molar-refractivity contribution in [3.8, 4) is 0 Å². The second-order valence-electron chi connectivity index (χ2n) is 11.0. The Morgan fingerprint density at radius 2 is 1.89 bits per heavy atom. The number of hydrogen-bond acceptors (Lipinski definition) is 6. The summed E-state index contributed by atoms with van der Waals surface area (Å²) in [6.45, 7) is 6.79. The fourth-order valence-electron chi connectivity index (χ4n) is 6.42. The molecule has 4 aliphatic rings. The maximum atomic E-state index is 13.2. The number of imidazole rings is 1. The van der Waals surface area contributed by atoms with Gasteiger partial charge in [0.05, 0.1) is 12.0 Å². The number of nitrogens with zero attached hydrogens (tertiary/aromatic N) is 4. The number of benzene rings is 1. The zero-order valence-corrected chi connectivity index (χ0v) is 20.7. The number of amides is 2. The molecule has 1 aromatic heterocycles. The molecule has 4 aliphatic heterocycles. The first-order valence-electron chi connectivity index (χ1n) is 13.3. The Labute approximate surface area is 211 Å². The summed E-state index contributed by atoms with van der Waals surface area (Å²) in [6, 6.07) is 8.43. The van der Waals surface area contributed by atoms with E-state index in [0.717, 1.165) is 57.9 Å². The highest BCUT2D eigenvalue weighted by Gasteiger charge is 2.40. The van der Waals surface area contributed by atoms with Crippen LogP contribution in [0.1, 0.15) is 33.9 Å². The summed E-state index contributed by atoms with van der Waals surface area (Å²) >= 11 is 0. The zero-order chi connectivity index (χ0) is 24.6. The van der Waals surface area contributed by atoms with E-state index in [1.807, 2.05) is 4.57 Å². The normalized spacial score (nSPS) is 26.2. The lowest BCUT2D eigenvalue weighted by Crippen LogP contribution is -2.42. The van der Waals surface area contributed by atoms with Gasteiger partial charge >= 0.3 is 0 Å². The number of aliphatic hydroxyl groups excluding tert-OH is 1. The van der Waals surface area contributed by atoms with E-state index in [-0.39, 0.29) is 24.3 Å². The maximum Gasteiger partial charge on any atom is 0.271 e. The molecule has 0 radical (unpaired) electrons. The molecule has 36 heavy (non-hydrogen) atoms. The molecule has 6 rings (SSSR count). The molecule has 5 heterocycles. The first-order chi connectivity index (χ1) is 17.5. The van der Waals surface area contributed by atoms with Gasteiger partial charge in [-0.2, -0.15) is 0 Å². The molecule has 2 aromatic rings. The summed E-state index contributed by atoms with van der Waals surface area (Å²) in [4.78, 5) is 34.7. The minimum Gasteiger partial charge on any atom is -0.390 e. The molecule has 0 saturated carbocycles. The van der Waals surface area contributed by atoms with Crippen LogP contribution in [-0.2, 0) is 30.7 Å². The number of hydrogen-bond donors (Lipinski definition) is 3. The Bertz CT molecular complexity index is 1120. The van der Waals surface area contributed by atoms with Crippen molar-refractivity contribution in [3.05, 3.63) is 53.1 Å². The van der Waals surface area contributed by atoms with Gasteiger partial charge in [0.15, 0.2) is 0 Å². The van der Waals surface area contributed by atoms with Crippen molar-refractivity contribution in [2.24, 2.45) is 17.8 Å². The van der Waals surface area contributed by atoms with Gasteiger partial charge in [-0.1, -0.05) is 24.3 Å². The predicted octanol–water partition coefficient (Wildman–Crippen LogP) is 0.272. The highest BCUT2D eigenvalue weighted by Crippen LogP contribution is 2.30. The number of carbonyl (C=O) groups excluding carboxylic acids is 2. The molecule has 4 unspecified atom stereocenters. The number of β-amino-alcohol motifs (C(OH)–C–C–N with tert-alkyl or cyclic N) is 1. The Morgan fingerprint density at radius 1 is 1.11 bits per heavy atom. The zero-order valence-electron chi connectivity index (χ0n) is 20.7. The van der Waals surface area contributed by atoms with Crippen molar-refractivity contribution in [2.45, 2.75) is 38.5 Å². The molecule has 0 aliphatic carbocycles. The standard InChI is InChI=1S/C27H36N6O3/c34-23(16-31-8-7-18-3-1-2-4-19(18)12-31)11-29-26(35)24-17-32-13-20(5-6-25(32)30-24)27(36)33-14-21-9-28-10-22(21)15-33/h1-4,17,20-23,28,34H,5-16H2,(H,29,35). The summed E-state index contributed by atoms with van der Waals surface area (Å²) in [5.74, 6) is 1.97. The van der Waals surface area contributed by atoms with E-state index in [1.165, 1.54) is 11.1 Å². The van der Waals surface area contributed by atoms with Crippen molar-refractivity contribution in [1.82, 2.24) is 30.0 Å². The SMILES string of the molecule is O=C(NCC(O)CN1CCc2ccccc2C1)c1cn2c(n1)CCC(C(=O)N1CC3CNCC3C1)C2. The monoisotopic (exact) mass is 492 g/mol. The van der Waals surface area contributed by atoms with Gasteiger partial charge in [-0.3, -0.25) is 14.5 Å². The van der Waals surface area contributed by atoms with Crippen LogP contribution in [0.3, 0.4) is 0 Å². The van der Waals surface area contributed by atoms with Crippen molar-refractivity contribution >= 4 is 11.8 Å². The van der Waals surface area contributed by atoms with Crippen LogP contribution in [-0.4, -0.2) is 88.2 Å².